The number of imidazole rings is 1. The van der Waals surface area contributed by atoms with Crippen LogP contribution in [0.5, 0.6) is 0 Å². The van der Waals surface area contributed by atoms with Crippen LogP contribution in [0, 0.1) is 5.82 Å². The lowest BCUT2D eigenvalue weighted by Crippen LogP contribution is -1.87. The molecule has 0 aliphatic rings. The number of nitrogens with zero attached hydrogens (tertiary/aromatic N) is 5. The number of benzene rings is 1. The van der Waals surface area contributed by atoms with Gasteiger partial charge >= 0.3 is 0 Å². The molecular formula is C23H14FN7. The summed E-state index contributed by atoms with van der Waals surface area (Å²) in [6.07, 6.45) is 6.92. The van der Waals surface area contributed by atoms with Gasteiger partial charge in [0.05, 0.1) is 28.6 Å². The molecule has 0 unspecified atom stereocenters. The summed E-state index contributed by atoms with van der Waals surface area (Å²) in [7, 11) is 0. The first-order valence-corrected chi connectivity index (χ1v) is 9.62. The molecule has 5 heterocycles. The number of H-pyrrole nitrogens is 2. The van der Waals surface area contributed by atoms with E-state index in [-0.39, 0.29) is 5.82 Å². The Balaban J connectivity index is 1.52. The quantitative estimate of drug-likeness (QED) is 0.441. The van der Waals surface area contributed by atoms with E-state index < -0.39 is 0 Å². The Morgan fingerprint density at radius 3 is 2.61 bits per heavy atom. The van der Waals surface area contributed by atoms with Crippen LogP contribution in [0.2, 0.25) is 0 Å². The number of hydrogen-bond acceptors (Lipinski definition) is 5. The van der Waals surface area contributed by atoms with E-state index in [9.17, 15) is 4.39 Å². The van der Waals surface area contributed by atoms with E-state index in [1.54, 1.807) is 30.9 Å². The van der Waals surface area contributed by atoms with Gasteiger partial charge in [0.2, 0.25) is 0 Å². The van der Waals surface area contributed by atoms with Crippen molar-refractivity contribution in [3.63, 3.8) is 0 Å². The molecule has 6 aromatic rings. The second kappa shape index (κ2) is 6.81. The van der Waals surface area contributed by atoms with Gasteiger partial charge in [-0.15, -0.1) is 0 Å². The molecule has 0 aliphatic heterocycles. The summed E-state index contributed by atoms with van der Waals surface area (Å²) in [5.74, 6) is 0.274. The molecule has 0 aliphatic carbocycles. The Bertz CT molecular complexity index is 1550. The van der Waals surface area contributed by atoms with Gasteiger partial charge in [0.1, 0.15) is 17.0 Å². The first kappa shape index (κ1) is 17.4. The molecule has 0 saturated heterocycles. The summed E-state index contributed by atoms with van der Waals surface area (Å²) in [6.45, 7) is 0. The van der Waals surface area contributed by atoms with E-state index in [4.69, 9.17) is 4.98 Å². The molecule has 6 rings (SSSR count). The fourth-order valence-electron chi connectivity index (χ4n) is 3.66. The number of fused-ring (bicyclic) bond motifs is 2. The van der Waals surface area contributed by atoms with Gasteiger partial charge in [0, 0.05) is 35.1 Å². The number of nitrogens with one attached hydrogen (secondary N) is 2. The van der Waals surface area contributed by atoms with E-state index >= 15 is 0 Å². The maximum absolute atomic E-state index is 13.8. The van der Waals surface area contributed by atoms with Crippen LogP contribution in [0.4, 0.5) is 4.39 Å². The molecule has 5 aromatic heterocycles. The first-order valence-electron chi connectivity index (χ1n) is 9.62. The standard InChI is InChI=1S/C23H14FN7/c24-15-5-1-3-13(9-15)20-22-17(6-8-26-20)28-23(29-22)21-16-10-18(14-4-2-7-25-11-14)27-12-19(16)30-31-21/h1-12H,(H,28,29)(H,30,31). The van der Waals surface area contributed by atoms with Crippen LogP contribution in [0.1, 0.15) is 0 Å². The van der Waals surface area contributed by atoms with Gasteiger partial charge in [0.15, 0.2) is 5.82 Å². The summed E-state index contributed by atoms with van der Waals surface area (Å²) in [4.78, 5) is 21.2. The largest absolute Gasteiger partial charge is 0.336 e. The van der Waals surface area contributed by atoms with Crippen molar-refractivity contribution in [2.24, 2.45) is 0 Å². The van der Waals surface area contributed by atoms with E-state index in [0.29, 0.717) is 28.3 Å². The SMILES string of the molecule is Fc1cccc(-c2nccc3[nH]c(-c4n[nH]c5cnc(-c6cccnc6)cc45)nc23)c1. The van der Waals surface area contributed by atoms with Gasteiger partial charge in [-0.3, -0.25) is 20.1 Å². The fraction of sp³-hybridized carbons (Fsp3) is 0. The molecular weight excluding hydrogens is 393 g/mol. The molecule has 148 valence electrons. The molecule has 0 fully saturated rings. The van der Waals surface area contributed by atoms with Crippen LogP contribution in [0.25, 0.3) is 56.0 Å². The highest BCUT2D eigenvalue weighted by atomic mass is 19.1. The highest BCUT2D eigenvalue weighted by Gasteiger charge is 2.17. The molecule has 7 nitrogen and oxygen atoms in total. The lowest BCUT2D eigenvalue weighted by molar-refractivity contribution is 0.628. The van der Waals surface area contributed by atoms with Gasteiger partial charge in [-0.25, -0.2) is 9.37 Å². The minimum absolute atomic E-state index is 0.319. The molecule has 0 spiro atoms. The third-order valence-electron chi connectivity index (χ3n) is 5.13. The monoisotopic (exact) mass is 407 g/mol. The Morgan fingerprint density at radius 2 is 1.74 bits per heavy atom. The Morgan fingerprint density at radius 1 is 0.806 bits per heavy atom. The highest BCUT2D eigenvalue weighted by molar-refractivity contribution is 5.96. The van der Waals surface area contributed by atoms with Crippen molar-refractivity contribution in [2.75, 3.05) is 0 Å². The lowest BCUT2D eigenvalue weighted by atomic mass is 10.1. The third-order valence-corrected chi connectivity index (χ3v) is 5.13. The van der Waals surface area contributed by atoms with Gasteiger partial charge < -0.3 is 4.98 Å². The van der Waals surface area contributed by atoms with Crippen LogP contribution >= 0.6 is 0 Å². The van der Waals surface area contributed by atoms with Gasteiger partial charge in [0.25, 0.3) is 0 Å². The summed E-state index contributed by atoms with van der Waals surface area (Å²) in [5.41, 5.74) is 5.90. The minimum atomic E-state index is -0.319. The molecule has 1 aromatic carbocycles. The van der Waals surface area contributed by atoms with Crippen molar-refractivity contribution >= 4 is 21.9 Å². The molecule has 0 saturated carbocycles. The van der Waals surface area contributed by atoms with Crippen LogP contribution < -0.4 is 0 Å². The van der Waals surface area contributed by atoms with Crippen molar-refractivity contribution in [2.45, 2.75) is 0 Å². The average Bonchev–Trinajstić information content (AvgIpc) is 3.43. The number of aromatic nitrogens is 7. The molecule has 0 atom stereocenters. The van der Waals surface area contributed by atoms with Crippen molar-refractivity contribution in [3.8, 4) is 34.0 Å². The smallest absolute Gasteiger partial charge is 0.159 e. The second-order valence-corrected chi connectivity index (χ2v) is 7.08. The Labute approximate surface area is 175 Å². The molecule has 0 amide bonds. The first-order chi connectivity index (χ1) is 15.3. The Hall–Kier alpha value is -4.46. The van der Waals surface area contributed by atoms with Crippen molar-refractivity contribution in [1.82, 2.24) is 35.1 Å². The number of rotatable bonds is 3. The van der Waals surface area contributed by atoms with Gasteiger partial charge in [-0.1, -0.05) is 12.1 Å². The van der Waals surface area contributed by atoms with Gasteiger partial charge in [-0.2, -0.15) is 5.10 Å². The number of halogens is 1. The van der Waals surface area contributed by atoms with Crippen molar-refractivity contribution < 1.29 is 4.39 Å². The minimum Gasteiger partial charge on any atom is -0.336 e. The molecule has 31 heavy (non-hydrogen) atoms. The lowest BCUT2D eigenvalue weighted by Gasteiger charge is -2.01. The predicted molar refractivity (Wildman–Crippen MR) is 115 cm³/mol. The van der Waals surface area contributed by atoms with Crippen LogP contribution in [0.15, 0.2) is 73.3 Å². The summed E-state index contributed by atoms with van der Waals surface area (Å²) >= 11 is 0. The zero-order valence-corrected chi connectivity index (χ0v) is 16.0. The van der Waals surface area contributed by atoms with Crippen molar-refractivity contribution in [3.05, 3.63) is 79.1 Å². The second-order valence-electron chi connectivity index (χ2n) is 7.08. The summed E-state index contributed by atoms with van der Waals surface area (Å²) in [6, 6.07) is 14.0. The molecule has 0 radical (unpaired) electrons. The molecule has 8 heteroatoms. The molecule has 2 N–H and O–H groups in total. The van der Waals surface area contributed by atoms with E-state index in [1.165, 1.54) is 12.1 Å². The van der Waals surface area contributed by atoms with Gasteiger partial charge in [-0.05, 0) is 36.4 Å². The zero-order chi connectivity index (χ0) is 20.8. The van der Waals surface area contributed by atoms with Crippen molar-refractivity contribution in [1.29, 1.82) is 0 Å². The Kier molecular flexibility index (Phi) is 3.82. The third kappa shape index (κ3) is 2.93. The maximum Gasteiger partial charge on any atom is 0.159 e. The average molecular weight is 407 g/mol. The van der Waals surface area contributed by atoms with E-state index in [1.807, 2.05) is 30.3 Å². The topological polar surface area (TPSA) is 96.0 Å². The fourth-order valence-corrected chi connectivity index (χ4v) is 3.66. The van der Waals surface area contributed by atoms with Crippen LogP contribution in [0.3, 0.4) is 0 Å². The zero-order valence-electron chi connectivity index (χ0n) is 16.0. The summed E-state index contributed by atoms with van der Waals surface area (Å²) in [5, 5.41) is 8.35. The van der Waals surface area contributed by atoms with E-state index in [0.717, 1.165) is 27.7 Å². The maximum atomic E-state index is 13.8. The number of hydrogen-bond donors (Lipinski definition) is 2. The van der Waals surface area contributed by atoms with E-state index in [2.05, 4.69) is 30.1 Å². The number of aromatic amines is 2. The summed E-state index contributed by atoms with van der Waals surface area (Å²) < 4.78 is 13.8. The highest BCUT2D eigenvalue weighted by Crippen LogP contribution is 2.31. The predicted octanol–water partition coefficient (Wildman–Crippen LogP) is 4.76. The normalized spacial score (nSPS) is 11.4. The van der Waals surface area contributed by atoms with Crippen LogP contribution in [-0.4, -0.2) is 35.1 Å². The van der Waals surface area contributed by atoms with Crippen LogP contribution in [-0.2, 0) is 0 Å². The number of pyridine rings is 3. The molecule has 0 bridgehead atoms.